The first-order chi connectivity index (χ1) is 8.48. The average molecular weight is 279 g/mol. The Kier molecular flexibility index (Phi) is 4.02. The van der Waals surface area contributed by atoms with Gasteiger partial charge in [-0.15, -0.1) is 0 Å². The molecule has 0 radical (unpaired) electrons. The second-order valence-electron chi connectivity index (χ2n) is 4.25. The Hall–Kier alpha value is -0.940. The van der Waals surface area contributed by atoms with Gasteiger partial charge in [0.1, 0.15) is 0 Å². The van der Waals surface area contributed by atoms with E-state index in [0.29, 0.717) is 19.6 Å². The van der Waals surface area contributed by atoms with Gasteiger partial charge in [-0.05, 0) is 31.2 Å². The SMILES string of the molecule is FC(F)(F)c1cc(Cl)ccc1N1CCCNCC1. The van der Waals surface area contributed by atoms with E-state index in [1.54, 1.807) is 4.90 Å². The van der Waals surface area contributed by atoms with Crippen LogP contribution in [-0.2, 0) is 6.18 Å². The maximum absolute atomic E-state index is 13.0. The van der Waals surface area contributed by atoms with E-state index >= 15 is 0 Å². The Morgan fingerprint density at radius 2 is 1.94 bits per heavy atom. The van der Waals surface area contributed by atoms with E-state index in [9.17, 15) is 13.2 Å². The van der Waals surface area contributed by atoms with Crippen LogP contribution in [0.5, 0.6) is 0 Å². The topological polar surface area (TPSA) is 15.3 Å². The lowest BCUT2D eigenvalue weighted by Crippen LogP contribution is -2.29. The highest BCUT2D eigenvalue weighted by atomic mass is 35.5. The number of nitrogens with one attached hydrogen (secondary N) is 1. The standard InChI is InChI=1S/C12H14ClF3N2/c13-9-2-3-11(10(8-9)12(14,15)16)18-6-1-4-17-5-7-18/h2-3,8,17H,1,4-7H2. The molecule has 1 aromatic rings. The van der Waals surface area contributed by atoms with Crippen LogP contribution < -0.4 is 10.2 Å². The van der Waals surface area contributed by atoms with Crippen LogP contribution in [0.4, 0.5) is 18.9 Å². The quantitative estimate of drug-likeness (QED) is 0.849. The summed E-state index contributed by atoms with van der Waals surface area (Å²) in [6.45, 7) is 2.73. The third kappa shape index (κ3) is 3.09. The molecule has 1 aliphatic rings. The van der Waals surface area contributed by atoms with E-state index < -0.39 is 11.7 Å². The number of anilines is 1. The molecule has 6 heteroatoms. The van der Waals surface area contributed by atoms with Gasteiger partial charge in [-0.25, -0.2) is 0 Å². The molecule has 0 saturated carbocycles. The van der Waals surface area contributed by atoms with E-state index in [2.05, 4.69) is 5.32 Å². The van der Waals surface area contributed by atoms with Crippen LogP contribution in [-0.4, -0.2) is 26.2 Å². The van der Waals surface area contributed by atoms with Gasteiger partial charge >= 0.3 is 6.18 Å². The molecule has 18 heavy (non-hydrogen) atoms. The highest BCUT2D eigenvalue weighted by molar-refractivity contribution is 6.30. The molecule has 0 amide bonds. The summed E-state index contributed by atoms with van der Waals surface area (Å²) in [4.78, 5) is 1.76. The lowest BCUT2D eigenvalue weighted by atomic mass is 10.1. The fourth-order valence-electron chi connectivity index (χ4n) is 2.10. The van der Waals surface area contributed by atoms with Crippen molar-refractivity contribution in [3.63, 3.8) is 0 Å². The van der Waals surface area contributed by atoms with Crippen LogP contribution in [0.3, 0.4) is 0 Å². The summed E-state index contributed by atoms with van der Waals surface area (Å²) in [5.74, 6) is 0. The van der Waals surface area contributed by atoms with Crippen molar-refractivity contribution >= 4 is 17.3 Å². The number of alkyl halides is 3. The van der Waals surface area contributed by atoms with Crippen molar-refractivity contribution in [2.75, 3.05) is 31.1 Å². The summed E-state index contributed by atoms with van der Waals surface area (Å²) in [6.07, 6.45) is -3.54. The van der Waals surface area contributed by atoms with Crippen molar-refractivity contribution in [3.05, 3.63) is 28.8 Å². The lowest BCUT2D eigenvalue weighted by Gasteiger charge is -2.26. The minimum absolute atomic E-state index is 0.110. The molecule has 1 heterocycles. The second-order valence-corrected chi connectivity index (χ2v) is 4.69. The highest BCUT2D eigenvalue weighted by Gasteiger charge is 2.35. The normalized spacial score (nSPS) is 17.7. The molecule has 0 atom stereocenters. The predicted octanol–water partition coefficient (Wildman–Crippen LogP) is 3.16. The zero-order valence-electron chi connectivity index (χ0n) is 9.73. The summed E-state index contributed by atoms with van der Waals surface area (Å²) < 4.78 is 39.0. The number of benzene rings is 1. The zero-order valence-corrected chi connectivity index (χ0v) is 10.5. The summed E-state index contributed by atoms with van der Waals surface area (Å²) in [6, 6.07) is 3.95. The molecule has 0 bridgehead atoms. The molecule has 2 rings (SSSR count). The Bertz CT molecular complexity index is 412. The van der Waals surface area contributed by atoms with Crippen LogP contribution in [0.25, 0.3) is 0 Å². The van der Waals surface area contributed by atoms with Crippen molar-refractivity contribution in [1.29, 1.82) is 0 Å². The van der Waals surface area contributed by atoms with Gasteiger partial charge in [-0.1, -0.05) is 11.6 Å². The number of rotatable bonds is 1. The summed E-state index contributed by atoms with van der Waals surface area (Å²) in [5.41, 5.74) is -0.438. The van der Waals surface area contributed by atoms with Gasteiger partial charge in [0.05, 0.1) is 5.56 Å². The van der Waals surface area contributed by atoms with E-state index in [1.807, 2.05) is 0 Å². The van der Waals surface area contributed by atoms with E-state index in [1.165, 1.54) is 12.1 Å². The molecule has 0 aromatic heterocycles. The van der Waals surface area contributed by atoms with Crippen LogP contribution in [0.2, 0.25) is 5.02 Å². The molecule has 0 spiro atoms. The van der Waals surface area contributed by atoms with E-state index in [-0.39, 0.29) is 10.7 Å². The molecular weight excluding hydrogens is 265 g/mol. The van der Waals surface area contributed by atoms with Crippen molar-refractivity contribution in [2.45, 2.75) is 12.6 Å². The molecule has 100 valence electrons. The molecular formula is C12H14ClF3N2. The highest BCUT2D eigenvalue weighted by Crippen LogP contribution is 2.38. The second kappa shape index (κ2) is 5.36. The molecule has 1 fully saturated rings. The molecule has 1 aliphatic heterocycles. The smallest absolute Gasteiger partial charge is 0.370 e. The first kappa shape index (κ1) is 13.5. The Labute approximate surface area is 109 Å². The molecule has 1 aromatic carbocycles. The van der Waals surface area contributed by atoms with Crippen molar-refractivity contribution in [1.82, 2.24) is 5.32 Å². The average Bonchev–Trinajstić information content (AvgIpc) is 2.56. The predicted molar refractivity (Wildman–Crippen MR) is 66.2 cm³/mol. The molecule has 2 nitrogen and oxygen atoms in total. The van der Waals surface area contributed by atoms with Gasteiger partial charge in [0.2, 0.25) is 0 Å². The number of hydrogen-bond acceptors (Lipinski definition) is 2. The minimum atomic E-state index is -4.38. The molecule has 1 N–H and O–H groups in total. The van der Waals surface area contributed by atoms with E-state index in [4.69, 9.17) is 11.6 Å². The van der Waals surface area contributed by atoms with Gasteiger partial charge in [-0.3, -0.25) is 0 Å². The first-order valence-corrected chi connectivity index (χ1v) is 6.19. The lowest BCUT2D eigenvalue weighted by molar-refractivity contribution is -0.137. The van der Waals surface area contributed by atoms with Crippen LogP contribution in [0.1, 0.15) is 12.0 Å². The first-order valence-electron chi connectivity index (χ1n) is 5.81. The third-order valence-electron chi connectivity index (χ3n) is 2.94. The van der Waals surface area contributed by atoms with Crippen molar-refractivity contribution < 1.29 is 13.2 Å². The molecule has 0 aliphatic carbocycles. The Morgan fingerprint density at radius 3 is 2.67 bits per heavy atom. The Morgan fingerprint density at radius 1 is 1.17 bits per heavy atom. The fourth-order valence-corrected chi connectivity index (χ4v) is 2.27. The largest absolute Gasteiger partial charge is 0.418 e. The van der Waals surface area contributed by atoms with Crippen molar-refractivity contribution in [3.8, 4) is 0 Å². The van der Waals surface area contributed by atoms with Crippen LogP contribution in [0, 0.1) is 0 Å². The summed E-state index contributed by atoms with van der Waals surface area (Å²) in [7, 11) is 0. The van der Waals surface area contributed by atoms with Gasteiger partial charge in [0, 0.05) is 30.3 Å². The molecule has 0 unspecified atom stereocenters. The number of halogens is 4. The monoisotopic (exact) mass is 278 g/mol. The summed E-state index contributed by atoms with van der Waals surface area (Å²) >= 11 is 5.66. The van der Waals surface area contributed by atoms with Gasteiger partial charge in [-0.2, -0.15) is 13.2 Å². The zero-order chi connectivity index (χ0) is 13.2. The van der Waals surface area contributed by atoms with Crippen molar-refractivity contribution in [2.24, 2.45) is 0 Å². The third-order valence-corrected chi connectivity index (χ3v) is 3.18. The number of nitrogens with zero attached hydrogens (tertiary/aromatic N) is 1. The summed E-state index contributed by atoms with van der Waals surface area (Å²) in [5, 5.41) is 3.28. The van der Waals surface area contributed by atoms with E-state index in [0.717, 1.165) is 19.0 Å². The van der Waals surface area contributed by atoms with Crippen LogP contribution >= 0.6 is 11.6 Å². The van der Waals surface area contributed by atoms with Gasteiger partial charge in [0.25, 0.3) is 0 Å². The maximum Gasteiger partial charge on any atom is 0.418 e. The van der Waals surface area contributed by atoms with Gasteiger partial charge in [0.15, 0.2) is 0 Å². The van der Waals surface area contributed by atoms with Crippen LogP contribution in [0.15, 0.2) is 18.2 Å². The Balaban J connectivity index is 2.36. The minimum Gasteiger partial charge on any atom is -0.370 e. The number of hydrogen-bond donors (Lipinski definition) is 1. The molecule has 1 saturated heterocycles. The maximum atomic E-state index is 13.0. The van der Waals surface area contributed by atoms with Gasteiger partial charge < -0.3 is 10.2 Å². The fraction of sp³-hybridized carbons (Fsp3) is 0.500.